The summed E-state index contributed by atoms with van der Waals surface area (Å²) in [5.41, 5.74) is 4.66. The molecule has 2 aliphatic heterocycles. The summed E-state index contributed by atoms with van der Waals surface area (Å²) >= 11 is 0. The van der Waals surface area contributed by atoms with Gasteiger partial charge in [-0.2, -0.15) is 4.98 Å². The number of fused-ring (bicyclic) bond motifs is 1. The molecule has 4 aliphatic rings. The fourth-order valence-corrected chi connectivity index (χ4v) is 7.13. The van der Waals surface area contributed by atoms with Gasteiger partial charge in [-0.15, -0.1) is 5.48 Å². The maximum atomic E-state index is 11.8. The monoisotopic (exact) mass is 552 g/mol. The van der Waals surface area contributed by atoms with Crippen molar-refractivity contribution in [1.29, 1.82) is 0 Å². The van der Waals surface area contributed by atoms with Gasteiger partial charge in [-0.1, -0.05) is 47.0 Å². The molecule has 220 valence electrons. The zero-order valence-electron chi connectivity index (χ0n) is 25.0. The van der Waals surface area contributed by atoms with Gasteiger partial charge in [-0.05, 0) is 75.0 Å². The van der Waals surface area contributed by atoms with Gasteiger partial charge in [0.15, 0.2) is 23.5 Å². The molecule has 2 unspecified atom stereocenters. The Morgan fingerprint density at radius 2 is 1.82 bits per heavy atom. The summed E-state index contributed by atoms with van der Waals surface area (Å²) in [6.45, 7) is 13.6. The molecule has 2 aliphatic carbocycles. The lowest BCUT2D eigenvalue weighted by Gasteiger charge is -2.33. The van der Waals surface area contributed by atoms with Crippen molar-refractivity contribution in [3.05, 3.63) is 5.82 Å². The SMILES string of the molecule is CC1CCC(Cn2c(N3CCCC3CC(C)(C)C)nc3nc(C4NOC(=O)N4)nc(N[C@H](C)C4CCC4)c32)CC1. The summed E-state index contributed by atoms with van der Waals surface area (Å²) < 4.78 is 2.45. The van der Waals surface area contributed by atoms with E-state index in [1.54, 1.807) is 0 Å². The lowest BCUT2D eigenvalue weighted by molar-refractivity contribution is 0.120. The van der Waals surface area contributed by atoms with Gasteiger partial charge >= 0.3 is 6.09 Å². The largest absolute Gasteiger partial charge is 0.427 e. The molecule has 2 saturated heterocycles. The Labute approximate surface area is 238 Å². The minimum Gasteiger partial charge on any atom is -0.365 e. The van der Waals surface area contributed by atoms with Crippen molar-refractivity contribution in [3.8, 4) is 0 Å². The van der Waals surface area contributed by atoms with Gasteiger partial charge in [0.25, 0.3) is 0 Å². The predicted octanol–water partition coefficient (Wildman–Crippen LogP) is 5.90. The number of amides is 1. The van der Waals surface area contributed by atoms with Crippen LogP contribution in [-0.2, 0) is 11.4 Å². The normalized spacial score (nSPS) is 28.4. The molecule has 0 aromatic carbocycles. The van der Waals surface area contributed by atoms with E-state index in [-0.39, 0.29) is 5.41 Å². The number of nitrogens with zero attached hydrogens (tertiary/aromatic N) is 5. The molecule has 2 saturated carbocycles. The van der Waals surface area contributed by atoms with Gasteiger partial charge in [-0.3, -0.25) is 5.32 Å². The molecule has 3 N–H and O–H groups in total. The highest BCUT2D eigenvalue weighted by molar-refractivity contribution is 5.86. The van der Waals surface area contributed by atoms with Crippen LogP contribution in [0.3, 0.4) is 0 Å². The zero-order chi connectivity index (χ0) is 28.0. The molecule has 1 amide bonds. The molecule has 4 fully saturated rings. The van der Waals surface area contributed by atoms with E-state index < -0.39 is 12.3 Å². The second-order valence-corrected chi connectivity index (χ2v) is 14.2. The van der Waals surface area contributed by atoms with Gasteiger partial charge < -0.3 is 19.6 Å². The fourth-order valence-electron chi connectivity index (χ4n) is 7.13. The maximum absolute atomic E-state index is 11.8. The Balaban J connectivity index is 1.44. The lowest BCUT2D eigenvalue weighted by Crippen LogP contribution is -2.35. The highest BCUT2D eigenvalue weighted by Gasteiger charge is 2.35. The number of nitrogens with one attached hydrogen (secondary N) is 3. The second-order valence-electron chi connectivity index (χ2n) is 14.2. The molecular formula is C30H48N8O2. The average Bonchev–Trinajstić information content (AvgIpc) is 3.57. The number of anilines is 2. The van der Waals surface area contributed by atoms with Crippen molar-refractivity contribution in [2.24, 2.45) is 23.2 Å². The van der Waals surface area contributed by atoms with E-state index in [2.05, 4.69) is 60.2 Å². The Bertz CT molecular complexity index is 1210. The number of aromatic nitrogens is 4. The minimum atomic E-state index is -0.606. The molecule has 0 radical (unpaired) electrons. The van der Waals surface area contributed by atoms with Crippen LogP contribution in [0.1, 0.15) is 111 Å². The first-order chi connectivity index (χ1) is 19.1. The van der Waals surface area contributed by atoms with E-state index in [0.29, 0.717) is 35.4 Å². The number of hydrogen-bond acceptors (Lipinski definition) is 8. The van der Waals surface area contributed by atoms with Crippen molar-refractivity contribution in [1.82, 2.24) is 30.3 Å². The zero-order valence-corrected chi connectivity index (χ0v) is 25.0. The van der Waals surface area contributed by atoms with E-state index in [1.807, 2.05) is 0 Å². The first kappa shape index (κ1) is 27.5. The lowest BCUT2D eigenvalue weighted by atomic mass is 9.80. The van der Waals surface area contributed by atoms with Gasteiger partial charge in [0.1, 0.15) is 5.52 Å². The van der Waals surface area contributed by atoms with Crippen LogP contribution in [0.25, 0.3) is 11.2 Å². The molecule has 10 heteroatoms. The molecule has 0 spiro atoms. The van der Waals surface area contributed by atoms with Gasteiger partial charge in [0, 0.05) is 25.2 Å². The van der Waals surface area contributed by atoms with E-state index in [0.717, 1.165) is 42.7 Å². The first-order valence-electron chi connectivity index (χ1n) is 15.7. The fraction of sp³-hybridized carbons (Fsp3) is 0.800. The summed E-state index contributed by atoms with van der Waals surface area (Å²) in [6.07, 6.45) is 11.3. The summed E-state index contributed by atoms with van der Waals surface area (Å²) in [5.74, 6) is 4.40. The third-order valence-electron chi connectivity index (χ3n) is 9.67. The first-order valence-corrected chi connectivity index (χ1v) is 15.7. The van der Waals surface area contributed by atoms with E-state index in [9.17, 15) is 4.79 Å². The molecule has 40 heavy (non-hydrogen) atoms. The Morgan fingerprint density at radius 3 is 2.48 bits per heavy atom. The summed E-state index contributed by atoms with van der Waals surface area (Å²) in [7, 11) is 0. The molecule has 2 aromatic rings. The third-order valence-corrected chi connectivity index (χ3v) is 9.67. The molecular weight excluding hydrogens is 504 g/mol. The quantitative estimate of drug-likeness (QED) is 0.371. The Hall–Kier alpha value is -2.62. The van der Waals surface area contributed by atoms with Crippen LogP contribution in [-0.4, -0.2) is 44.2 Å². The van der Waals surface area contributed by atoms with Gasteiger partial charge in [0.05, 0.1) is 0 Å². The topological polar surface area (TPSA) is 109 Å². The van der Waals surface area contributed by atoms with Crippen molar-refractivity contribution in [2.75, 3.05) is 16.8 Å². The molecule has 0 bridgehead atoms. The number of hydroxylamine groups is 1. The van der Waals surface area contributed by atoms with Gasteiger partial charge in [0.2, 0.25) is 5.95 Å². The summed E-state index contributed by atoms with van der Waals surface area (Å²) in [5, 5.41) is 6.56. The Morgan fingerprint density at radius 1 is 1.05 bits per heavy atom. The number of hydrogen-bond donors (Lipinski definition) is 3. The van der Waals surface area contributed by atoms with Crippen molar-refractivity contribution in [3.63, 3.8) is 0 Å². The summed E-state index contributed by atoms with van der Waals surface area (Å²) in [6, 6.07) is 0.758. The molecule has 4 heterocycles. The van der Waals surface area contributed by atoms with Crippen molar-refractivity contribution >= 4 is 29.0 Å². The smallest absolute Gasteiger partial charge is 0.365 e. The van der Waals surface area contributed by atoms with Gasteiger partial charge in [-0.25, -0.2) is 14.8 Å². The van der Waals surface area contributed by atoms with Crippen LogP contribution in [0.5, 0.6) is 0 Å². The van der Waals surface area contributed by atoms with E-state index in [1.165, 1.54) is 57.8 Å². The standard InChI is InChI=1S/C30H48N8O2/c1-18-11-13-20(14-12-18)17-38-23-24(31-19(2)21-8-6-9-21)32-26(27-35-29(39)40-36-27)33-25(23)34-28(38)37-15-7-10-22(37)16-30(3,4)5/h18-22,27,36H,6-17H2,1-5H3,(H,35,39)(H,31,32,33)/t18?,19-,20?,22?,27?/m1/s1. The van der Waals surface area contributed by atoms with E-state index in [4.69, 9.17) is 19.8 Å². The number of imidazole rings is 1. The van der Waals surface area contributed by atoms with Crippen molar-refractivity contribution in [2.45, 2.75) is 124 Å². The number of carbonyl (C=O) groups is 1. The van der Waals surface area contributed by atoms with Crippen LogP contribution in [0, 0.1) is 23.2 Å². The number of carbonyl (C=O) groups excluding carboxylic acids is 1. The summed E-state index contributed by atoms with van der Waals surface area (Å²) in [4.78, 5) is 34.6. The van der Waals surface area contributed by atoms with Crippen LogP contribution in [0.2, 0.25) is 0 Å². The van der Waals surface area contributed by atoms with Crippen LogP contribution in [0.15, 0.2) is 0 Å². The highest BCUT2D eigenvalue weighted by Crippen LogP contribution is 2.39. The van der Waals surface area contributed by atoms with Crippen molar-refractivity contribution < 1.29 is 9.63 Å². The number of rotatable bonds is 8. The third kappa shape index (κ3) is 5.74. The minimum absolute atomic E-state index is 0.244. The van der Waals surface area contributed by atoms with Crippen LogP contribution >= 0.6 is 0 Å². The predicted molar refractivity (Wildman–Crippen MR) is 157 cm³/mol. The Kier molecular flexibility index (Phi) is 7.57. The van der Waals surface area contributed by atoms with E-state index >= 15 is 0 Å². The maximum Gasteiger partial charge on any atom is 0.427 e. The van der Waals surface area contributed by atoms with Crippen LogP contribution < -0.4 is 21.0 Å². The van der Waals surface area contributed by atoms with Crippen LogP contribution in [0.4, 0.5) is 16.6 Å². The second kappa shape index (κ2) is 11.0. The molecule has 6 rings (SSSR count). The highest BCUT2D eigenvalue weighted by atomic mass is 16.7. The molecule has 3 atom stereocenters. The molecule has 2 aromatic heterocycles. The average molecular weight is 553 g/mol. The molecule has 10 nitrogen and oxygen atoms in total.